The van der Waals surface area contributed by atoms with Gasteiger partial charge in [-0.2, -0.15) is 13.2 Å². The van der Waals surface area contributed by atoms with Crippen LogP contribution in [0, 0.1) is 5.92 Å². The summed E-state index contributed by atoms with van der Waals surface area (Å²) in [4.78, 5) is 27.7. The normalized spacial score (nSPS) is 22.1. The minimum absolute atomic E-state index is 0.0447. The average Bonchev–Trinajstić information content (AvgIpc) is 3.56. The fourth-order valence-corrected chi connectivity index (χ4v) is 4.92. The number of ether oxygens (including phenoxy) is 1. The molecular weight excluding hydrogens is 457 g/mol. The van der Waals surface area contributed by atoms with Crippen molar-refractivity contribution in [1.29, 1.82) is 0 Å². The van der Waals surface area contributed by atoms with E-state index in [1.54, 1.807) is 0 Å². The van der Waals surface area contributed by atoms with Gasteiger partial charge >= 0.3 is 18.1 Å². The van der Waals surface area contributed by atoms with E-state index in [1.807, 2.05) is 64.1 Å². The number of esters is 1. The highest BCUT2D eigenvalue weighted by atomic mass is 19.4. The zero-order valence-electron chi connectivity index (χ0n) is 21.1. The summed E-state index contributed by atoms with van der Waals surface area (Å²) in [6.07, 6.45) is -0.397. The van der Waals surface area contributed by atoms with Gasteiger partial charge in [0.1, 0.15) is 5.60 Å². The summed E-state index contributed by atoms with van der Waals surface area (Å²) in [6, 6.07) is 8.85. The maximum Gasteiger partial charge on any atom is 0.471 e. The van der Waals surface area contributed by atoms with Gasteiger partial charge in [0.05, 0.1) is 6.42 Å². The number of alkyl halides is 3. The topological polar surface area (TPSA) is 49.9 Å². The third kappa shape index (κ3) is 7.82. The van der Waals surface area contributed by atoms with Crippen LogP contribution < -0.4 is 0 Å². The molecule has 0 unspecified atom stereocenters. The van der Waals surface area contributed by atoms with Crippen molar-refractivity contribution in [3.8, 4) is 0 Å². The summed E-state index contributed by atoms with van der Waals surface area (Å²) >= 11 is 0. The third-order valence-corrected chi connectivity index (χ3v) is 6.63. The fraction of sp³-hybridized carbons (Fsp3) is 0.630. The Morgan fingerprint density at radius 3 is 2.29 bits per heavy atom. The number of hydrogen-bond acceptors (Lipinski definition) is 4. The number of hydrogen-bond donors (Lipinski definition) is 0. The number of benzene rings is 1. The van der Waals surface area contributed by atoms with E-state index in [2.05, 4.69) is 4.90 Å². The zero-order chi connectivity index (χ0) is 25.8. The molecule has 1 saturated carbocycles. The molecule has 35 heavy (non-hydrogen) atoms. The number of carbonyl (C=O) groups excluding carboxylic acids is 2. The highest BCUT2D eigenvalue weighted by Crippen LogP contribution is 2.46. The molecule has 1 aromatic carbocycles. The minimum atomic E-state index is -4.89. The molecule has 0 radical (unpaired) electrons. The van der Waals surface area contributed by atoms with E-state index in [-0.39, 0.29) is 18.3 Å². The van der Waals surface area contributed by atoms with E-state index in [9.17, 15) is 22.8 Å². The number of nitrogens with zero attached hydrogens (tertiary/aromatic N) is 2. The van der Waals surface area contributed by atoms with E-state index in [0.29, 0.717) is 38.9 Å². The first kappa shape index (κ1) is 27.2. The second-order valence-corrected chi connectivity index (χ2v) is 10.5. The summed E-state index contributed by atoms with van der Waals surface area (Å²) in [5.74, 6) is -2.06. The molecule has 0 N–H and O–H groups in total. The van der Waals surface area contributed by atoms with Crippen molar-refractivity contribution in [3.05, 3.63) is 41.5 Å². The van der Waals surface area contributed by atoms with Gasteiger partial charge in [0.25, 0.3) is 0 Å². The van der Waals surface area contributed by atoms with Crippen LogP contribution in [0.15, 0.2) is 35.9 Å². The number of amides is 1. The van der Waals surface area contributed by atoms with Crippen LogP contribution in [0.4, 0.5) is 13.2 Å². The minimum Gasteiger partial charge on any atom is -0.460 e. The van der Waals surface area contributed by atoms with E-state index in [4.69, 9.17) is 4.74 Å². The Morgan fingerprint density at radius 1 is 1.11 bits per heavy atom. The first-order chi connectivity index (χ1) is 16.4. The van der Waals surface area contributed by atoms with Crippen LogP contribution in [0.5, 0.6) is 0 Å². The Labute approximate surface area is 206 Å². The van der Waals surface area contributed by atoms with Crippen molar-refractivity contribution in [2.75, 3.05) is 19.6 Å². The van der Waals surface area contributed by atoms with Crippen LogP contribution in [0.2, 0.25) is 0 Å². The molecule has 1 amide bonds. The summed E-state index contributed by atoms with van der Waals surface area (Å²) < 4.78 is 46.0. The van der Waals surface area contributed by atoms with Crippen molar-refractivity contribution >= 4 is 18.0 Å². The van der Waals surface area contributed by atoms with Crippen LogP contribution in [0.1, 0.15) is 65.4 Å². The summed E-state index contributed by atoms with van der Waals surface area (Å²) in [5, 5.41) is 0. The molecule has 1 heterocycles. The molecule has 2 atom stereocenters. The van der Waals surface area contributed by atoms with Crippen LogP contribution in [0.25, 0.3) is 6.08 Å². The van der Waals surface area contributed by atoms with E-state index in [0.717, 1.165) is 22.5 Å². The predicted octanol–water partition coefficient (Wildman–Crippen LogP) is 5.46. The zero-order valence-corrected chi connectivity index (χ0v) is 21.1. The Morgan fingerprint density at radius 2 is 1.74 bits per heavy atom. The maximum atomic E-state index is 13.6. The number of piperidine rings is 1. The van der Waals surface area contributed by atoms with Gasteiger partial charge in [0.15, 0.2) is 0 Å². The molecular formula is C27H37F3N2O3. The van der Waals surface area contributed by atoms with E-state index < -0.39 is 29.8 Å². The maximum absolute atomic E-state index is 13.6. The number of halogens is 3. The van der Waals surface area contributed by atoms with Crippen LogP contribution >= 0.6 is 0 Å². The molecule has 0 bridgehead atoms. The average molecular weight is 495 g/mol. The first-order valence-electron chi connectivity index (χ1n) is 12.5. The second-order valence-electron chi connectivity index (χ2n) is 10.5. The lowest BCUT2D eigenvalue weighted by Gasteiger charge is -2.39. The first-order valence-corrected chi connectivity index (χ1v) is 12.5. The van der Waals surface area contributed by atoms with E-state index in [1.165, 1.54) is 0 Å². The predicted molar refractivity (Wildman–Crippen MR) is 129 cm³/mol. The molecule has 5 nitrogen and oxygen atoms in total. The van der Waals surface area contributed by atoms with Crippen molar-refractivity contribution < 1.29 is 27.5 Å². The summed E-state index contributed by atoms with van der Waals surface area (Å²) in [5.41, 5.74) is 1.55. The molecule has 1 aliphatic carbocycles. The van der Waals surface area contributed by atoms with Crippen LogP contribution in [0.3, 0.4) is 0 Å². The Kier molecular flexibility index (Phi) is 8.67. The highest BCUT2D eigenvalue weighted by Gasteiger charge is 2.54. The van der Waals surface area contributed by atoms with Crippen molar-refractivity contribution in [3.63, 3.8) is 0 Å². The molecule has 194 valence electrons. The monoisotopic (exact) mass is 494 g/mol. The summed E-state index contributed by atoms with van der Waals surface area (Å²) in [7, 11) is 0. The Balaban J connectivity index is 1.64. The van der Waals surface area contributed by atoms with Gasteiger partial charge in [0, 0.05) is 37.6 Å². The lowest BCUT2D eigenvalue weighted by molar-refractivity contribution is -0.189. The molecule has 3 rings (SSSR count). The fourth-order valence-electron chi connectivity index (χ4n) is 4.92. The highest BCUT2D eigenvalue weighted by molar-refractivity contribution is 5.83. The third-order valence-electron chi connectivity index (χ3n) is 6.63. The van der Waals surface area contributed by atoms with Crippen molar-refractivity contribution in [2.45, 2.75) is 83.7 Å². The standard InChI is InChI=1S/C27H37F3N2O3/c1-5-20(17-19-9-7-6-8-10-19)22-18-23(22)32(25(34)27(28,29)30)21-11-14-31(15-12-21)16-13-24(33)35-26(2,3)4/h6-10,17,21-23H,5,11-16,18H2,1-4H3/b20-17+/t22-,23+/m0/s1. The van der Waals surface area contributed by atoms with Crippen LogP contribution in [-0.2, 0) is 14.3 Å². The molecule has 2 aliphatic rings. The largest absolute Gasteiger partial charge is 0.471 e. The van der Waals surface area contributed by atoms with Gasteiger partial charge in [-0.05, 0) is 52.0 Å². The van der Waals surface area contributed by atoms with Crippen molar-refractivity contribution in [1.82, 2.24) is 9.80 Å². The Bertz CT molecular complexity index is 900. The molecule has 8 heteroatoms. The lowest BCUT2D eigenvalue weighted by atomic mass is 10.0. The van der Waals surface area contributed by atoms with Gasteiger partial charge < -0.3 is 14.5 Å². The molecule has 2 fully saturated rings. The molecule has 1 aromatic rings. The van der Waals surface area contributed by atoms with Crippen LogP contribution in [-0.4, -0.2) is 65.2 Å². The Hall–Kier alpha value is -2.35. The van der Waals surface area contributed by atoms with Crippen molar-refractivity contribution in [2.24, 2.45) is 5.92 Å². The van der Waals surface area contributed by atoms with E-state index >= 15 is 0 Å². The molecule has 1 saturated heterocycles. The van der Waals surface area contributed by atoms with Gasteiger partial charge in [-0.3, -0.25) is 9.59 Å². The quantitative estimate of drug-likeness (QED) is 0.451. The SMILES string of the molecule is CC/C(=C\c1ccccc1)[C@@H]1C[C@H]1N(C(=O)C(F)(F)F)C1CCN(CCC(=O)OC(C)(C)C)CC1. The smallest absolute Gasteiger partial charge is 0.460 e. The van der Waals surface area contributed by atoms with Gasteiger partial charge in [0.2, 0.25) is 0 Å². The molecule has 0 aromatic heterocycles. The van der Waals surface area contributed by atoms with Gasteiger partial charge in [-0.15, -0.1) is 0 Å². The second kappa shape index (κ2) is 11.1. The summed E-state index contributed by atoms with van der Waals surface area (Å²) in [6.45, 7) is 9.04. The van der Waals surface area contributed by atoms with Gasteiger partial charge in [-0.25, -0.2) is 0 Å². The molecule has 1 aliphatic heterocycles. The lowest BCUT2D eigenvalue weighted by Crippen LogP contribution is -2.53. The number of carbonyl (C=O) groups is 2. The molecule has 0 spiro atoms. The number of rotatable bonds is 8. The number of likely N-dealkylation sites (tertiary alicyclic amines) is 1. The van der Waals surface area contributed by atoms with Gasteiger partial charge in [-0.1, -0.05) is 48.9 Å².